The predicted octanol–water partition coefficient (Wildman–Crippen LogP) is -0.579. The Balaban J connectivity index is 3.97. The number of hydrogen-bond acceptors (Lipinski definition) is 4. The van der Waals surface area contributed by atoms with E-state index in [9.17, 15) is 9.59 Å². The summed E-state index contributed by atoms with van der Waals surface area (Å²) in [6, 6.07) is -0.962. The van der Waals surface area contributed by atoms with Crippen LogP contribution in [0.25, 0.3) is 0 Å². The topological polar surface area (TPSA) is 75.6 Å². The number of halogens is 1. The summed E-state index contributed by atoms with van der Waals surface area (Å²) in [7, 11) is 1.20. The van der Waals surface area contributed by atoms with Gasteiger partial charge in [0.25, 0.3) is 0 Å². The Morgan fingerprint density at radius 1 is 1.62 bits per heavy atom. The lowest BCUT2D eigenvalue weighted by atomic mass is 10.3. The largest absolute Gasteiger partial charge is 0.467 e. The van der Waals surface area contributed by atoms with Gasteiger partial charge in [0, 0.05) is 11.8 Å². The van der Waals surface area contributed by atoms with Gasteiger partial charge in [-0.1, -0.05) is 15.9 Å². The van der Waals surface area contributed by atoms with Crippen LogP contribution >= 0.6 is 15.9 Å². The molecule has 13 heavy (non-hydrogen) atoms. The van der Waals surface area contributed by atoms with Crippen molar-refractivity contribution in [1.82, 2.24) is 5.32 Å². The van der Waals surface area contributed by atoms with Gasteiger partial charge in [-0.2, -0.15) is 0 Å². The molecule has 0 aliphatic carbocycles. The van der Waals surface area contributed by atoms with Gasteiger partial charge in [0.05, 0.1) is 13.7 Å². The van der Waals surface area contributed by atoms with Crippen LogP contribution in [0.15, 0.2) is 0 Å². The Labute approximate surface area is 84.6 Å². The number of ether oxygens (including phenoxy) is 1. The fourth-order valence-electron chi connectivity index (χ4n) is 0.674. The number of methoxy groups -OCH3 is 1. The third-order valence-electron chi connectivity index (χ3n) is 1.33. The van der Waals surface area contributed by atoms with Gasteiger partial charge < -0.3 is 15.2 Å². The third kappa shape index (κ3) is 4.84. The fraction of sp³-hybridized carbons (Fsp3) is 0.714. The van der Waals surface area contributed by atoms with Crippen LogP contribution in [-0.4, -0.2) is 42.1 Å². The zero-order chi connectivity index (χ0) is 10.3. The summed E-state index contributed by atoms with van der Waals surface area (Å²) in [5.41, 5.74) is 0. The highest BCUT2D eigenvalue weighted by atomic mass is 79.9. The van der Waals surface area contributed by atoms with Gasteiger partial charge in [0.15, 0.2) is 6.04 Å². The Morgan fingerprint density at radius 2 is 2.23 bits per heavy atom. The Morgan fingerprint density at radius 3 is 2.62 bits per heavy atom. The lowest BCUT2D eigenvalue weighted by Gasteiger charge is -2.12. The lowest BCUT2D eigenvalue weighted by molar-refractivity contribution is -0.146. The summed E-state index contributed by atoms with van der Waals surface area (Å²) in [5.74, 6) is -0.952. The molecule has 1 unspecified atom stereocenters. The molecular formula is C7H12BrNO4. The molecule has 1 amide bonds. The van der Waals surface area contributed by atoms with E-state index in [1.165, 1.54) is 7.11 Å². The average molecular weight is 254 g/mol. The van der Waals surface area contributed by atoms with Crippen LogP contribution in [0.2, 0.25) is 0 Å². The standard InChI is InChI=1S/C7H12BrNO4/c1-13-7(12)5(4-10)9-6(11)2-3-8/h5,10H,2-4H2,1H3,(H,9,11). The smallest absolute Gasteiger partial charge is 0.330 e. The van der Waals surface area contributed by atoms with Gasteiger partial charge in [-0.05, 0) is 0 Å². The lowest BCUT2D eigenvalue weighted by Crippen LogP contribution is -2.44. The minimum Gasteiger partial charge on any atom is -0.467 e. The van der Waals surface area contributed by atoms with Gasteiger partial charge in [0.2, 0.25) is 5.91 Å². The van der Waals surface area contributed by atoms with Gasteiger partial charge >= 0.3 is 5.97 Å². The average Bonchev–Trinajstić information content (AvgIpc) is 2.13. The maximum absolute atomic E-state index is 11.0. The minimum atomic E-state index is -0.962. The molecule has 0 fully saturated rings. The summed E-state index contributed by atoms with van der Waals surface area (Å²) in [4.78, 5) is 21.8. The van der Waals surface area contributed by atoms with Crippen molar-refractivity contribution in [3.05, 3.63) is 0 Å². The summed E-state index contributed by atoms with van der Waals surface area (Å²) in [6.45, 7) is -0.458. The number of carbonyl (C=O) groups is 2. The number of aliphatic hydroxyl groups excluding tert-OH is 1. The molecule has 0 bridgehead atoms. The Kier molecular flexibility index (Phi) is 6.52. The number of esters is 1. The minimum absolute atomic E-state index is 0.257. The summed E-state index contributed by atoms with van der Waals surface area (Å²) in [5, 5.41) is 11.6. The Hall–Kier alpha value is -0.620. The van der Waals surface area contributed by atoms with E-state index in [4.69, 9.17) is 5.11 Å². The molecule has 0 saturated heterocycles. The van der Waals surface area contributed by atoms with E-state index in [0.29, 0.717) is 5.33 Å². The SMILES string of the molecule is COC(=O)C(CO)NC(=O)CCBr. The molecule has 76 valence electrons. The molecule has 0 aromatic carbocycles. The first-order valence-electron chi connectivity index (χ1n) is 3.69. The second-order valence-electron chi connectivity index (χ2n) is 2.26. The molecule has 0 aliphatic rings. The van der Waals surface area contributed by atoms with Crippen molar-refractivity contribution >= 4 is 27.8 Å². The van der Waals surface area contributed by atoms with Crippen LogP contribution in [0.1, 0.15) is 6.42 Å². The maximum atomic E-state index is 11.0. The second-order valence-corrected chi connectivity index (χ2v) is 3.06. The van der Waals surface area contributed by atoms with Crippen molar-refractivity contribution < 1.29 is 19.4 Å². The van der Waals surface area contributed by atoms with E-state index < -0.39 is 18.6 Å². The summed E-state index contributed by atoms with van der Waals surface area (Å²) in [6.07, 6.45) is 0.257. The van der Waals surface area contributed by atoms with Crippen LogP contribution in [0.4, 0.5) is 0 Å². The molecule has 6 heteroatoms. The van der Waals surface area contributed by atoms with Crippen molar-refractivity contribution in [3.63, 3.8) is 0 Å². The second kappa shape index (κ2) is 6.85. The first kappa shape index (κ1) is 12.4. The molecule has 0 aromatic heterocycles. The summed E-state index contributed by atoms with van der Waals surface area (Å²) >= 11 is 3.08. The number of rotatable bonds is 5. The molecule has 0 aliphatic heterocycles. The zero-order valence-corrected chi connectivity index (χ0v) is 8.83. The van der Waals surface area contributed by atoms with Crippen LogP contribution in [0.5, 0.6) is 0 Å². The van der Waals surface area contributed by atoms with Crippen molar-refractivity contribution in [3.8, 4) is 0 Å². The van der Waals surface area contributed by atoms with Crippen molar-refractivity contribution in [2.75, 3.05) is 19.0 Å². The van der Waals surface area contributed by atoms with Crippen LogP contribution < -0.4 is 5.32 Å². The molecular weight excluding hydrogens is 242 g/mol. The highest BCUT2D eigenvalue weighted by Crippen LogP contribution is 1.91. The van der Waals surface area contributed by atoms with Crippen molar-refractivity contribution in [1.29, 1.82) is 0 Å². The quantitative estimate of drug-likeness (QED) is 0.508. The van der Waals surface area contributed by atoms with E-state index >= 15 is 0 Å². The van der Waals surface area contributed by atoms with Gasteiger partial charge in [-0.3, -0.25) is 4.79 Å². The number of nitrogens with one attached hydrogen (secondary N) is 1. The highest BCUT2D eigenvalue weighted by Gasteiger charge is 2.19. The fourth-order valence-corrected chi connectivity index (χ4v) is 1.03. The Bertz CT molecular complexity index is 185. The molecule has 2 N–H and O–H groups in total. The van der Waals surface area contributed by atoms with E-state index in [1.807, 2.05) is 0 Å². The van der Waals surface area contributed by atoms with Crippen LogP contribution in [0.3, 0.4) is 0 Å². The van der Waals surface area contributed by atoms with E-state index in [2.05, 4.69) is 26.0 Å². The molecule has 0 saturated carbocycles. The van der Waals surface area contributed by atoms with E-state index in [0.717, 1.165) is 0 Å². The molecule has 0 aromatic rings. The first-order chi connectivity index (χ1) is 6.15. The number of carbonyl (C=O) groups excluding carboxylic acids is 2. The first-order valence-corrected chi connectivity index (χ1v) is 4.81. The van der Waals surface area contributed by atoms with Crippen LogP contribution in [0, 0.1) is 0 Å². The monoisotopic (exact) mass is 253 g/mol. The van der Waals surface area contributed by atoms with Crippen LogP contribution in [-0.2, 0) is 14.3 Å². The molecule has 1 atom stereocenters. The maximum Gasteiger partial charge on any atom is 0.330 e. The summed E-state index contributed by atoms with van der Waals surface area (Å²) < 4.78 is 4.36. The third-order valence-corrected chi connectivity index (χ3v) is 1.72. The number of hydrogen-bond donors (Lipinski definition) is 2. The van der Waals surface area contributed by atoms with E-state index in [1.54, 1.807) is 0 Å². The predicted molar refractivity (Wildman–Crippen MR) is 49.4 cm³/mol. The van der Waals surface area contributed by atoms with Crippen molar-refractivity contribution in [2.45, 2.75) is 12.5 Å². The van der Waals surface area contributed by atoms with Gasteiger partial charge in [0.1, 0.15) is 0 Å². The molecule has 0 radical (unpaired) electrons. The number of alkyl halides is 1. The molecule has 5 nitrogen and oxygen atoms in total. The zero-order valence-electron chi connectivity index (χ0n) is 7.25. The number of aliphatic hydroxyl groups is 1. The van der Waals surface area contributed by atoms with Gasteiger partial charge in [-0.25, -0.2) is 4.79 Å². The highest BCUT2D eigenvalue weighted by molar-refractivity contribution is 9.09. The molecule has 0 spiro atoms. The molecule has 0 heterocycles. The number of amides is 1. The van der Waals surface area contributed by atoms with Crippen molar-refractivity contribution in [2.24, 2.45) is 0 Å². The van der Waals surface area contributed by atoms with Gasteiger partial charge in [-0.15, -0.1) is 0 Å². The molecule has 0 rings (SSSR count). The van der Waals surface area contributed by atoms with E-state index in [-0.39, 0.29) is 12.3 Å². The normalized spacial score (nSPS) is 11.9.